The predicted molar refractivity (Wildman–Crippen MR) is 233 cm³/mol. The zero-order valence-electron chi connectivity index (χ0n) is 37.0. The molecular weight excluding hydrogens is 795 g/mol. The molecule has 3 saturated heterocycles. The molecule has 1 spiro atoms. The molecule has 0 bridgehead atoms. The van der Waals surface area contributed by atoms with E-state index in [1.807, 2.05) is 55.1 Å². The van der Waals surface area contributed by atoms with Crippen LogP contribution < -0.4 is 26.6 Å². The van der Waals surface area contributed by atoms with Crippen LogP contribution in [0.5, 0.6) is 0 Å². The van der Waals surface area contributed by atoms with E-state index in [0.717, 1.165) is 50.3 Å². The van der Waals surface area contributed by atoms with E-state index in [4.69, 9.17) is 9.47 Å². The van der Waals surface area contributed by atoms with E-state index in [1.165, 1.54) is 0 Å². The van der Waals surface area contributed by atoms with Gasteiger partial charge < -0.3 is 46.1 Å². The predicted octanol–water partition coefficient (Wildman–Crippen LogP) is 3.63. The van der Waals surface area contributed by atoms with Gasteiger partial charge in [-0.15, -0.1) is 0 Å². The van der Waals surface area contributed by atoms with Crippen molar-refractivity contribution in [2.24, 2.45) is 11.3 Å². The van der Waals surface area contributed by atoms with Crippen LogP contribution in [0.1, 0.15) is 84.3 Å². The van der Waals surface area contributed by atoms with Crippen LogP contribution in [-0.2, 0) is 41.5 Å². The fourth-order valence-corrected chi connectivity index (χ4v) is 8.28. The summed E-state index contributed by atoms with van der Waals surface area (Å²) in [4.78, 5) is 84.8. The minimum absolute atomic E-state index is 0.0380. The molecule has 0 aliphatic carbocycles. The monoisotopic (exact) mass is 862 g/mol. The molecule has 0 saturated carbocycles. The van der Waals surface area contributed by atoms with Crippen LogP contribution in [0.25, 0.3) is 0 Å². The smallest absolute Gasteiger partial charge is 0.407 e. The second-order valence-electron chi connectivity index (χ2n) is 18.5. The van der Waals surface area contributed by atoms with Gasteiger partial charge in [0.2, 0.25) is 23.6 Å². The highest BCUT2D eigenvalue weighted by Crippen LogP contribution is 2.41. The van der Waals surface area contributed by atoms with Crippen molar-refractivity contribution in [2.75, 3.05) is 45.9 Å². The van der Waals surface area contributed by atoms with E-state index in [2.05, 4.69) is 31.5 Å². The molecule has 16 heteroatoms. The van der Waals surface area contributed by atoms with E-state index in [0.29, 0.717) is 44.9 Å². The summed E-state index contributed by atoms with van der Waals surface area (Å²) in [5.74, 6) is -2.07. The summed E-state index contributed by atoms with van der Waals surface area (Å²) >= 11 is 0. The summed E-state index contributed by atoms with van der Waals surface area (Å²) in [5, 5.41) is 23.3. The maximum Gasteiger partial charge on any atom is 0.407 e. The van der Waals surface area contributed by atoms with Crippen molar-refractivity contribution < 1.29 is 43.3 Å². The molecule has 0 radical (unpaired) electrons. The van der Waals surface area contributed by atoms with Crippen LogP contribution in [0.15, 0.2) is 60.7 Å². The average molecular weight is 862 g/mol. The van der Waals surface area contributed by atoms with Crippen molar-refractivity contribution >= 4 is 35.8 Å². The van der Waals surface area contributed by atoms with Gasteiger partial charge >= 0.3 is 12.2 Å². The van der Waals surface area contributed by atoms with Crippen molar-refractivity contribution in [3.8, 4) is 0 Å². The number of rotatable bonds is 20. The lowest BCUT2D eigenvalue weighted by molar-refractivity contribution is -0.153. The number of nitrogens with zero attached hydrogens (tertiary/aromatic N) is 2. The fourth-order valence-electron chi connectivity index (χ4n) is 8.28. The van der Waals surface area contributed by atoms with Gasteiger partial charge in [-0.3, -0.25) is 24.1 Å². The quantitative estimate of drug-likeness (QED) is 0.107. The minimum atomic E-state index is -1.39. The van der Waals surface area contributed by atoms with Crippen LogP contribution in [-0.4, -0.2) is 132 Å². The molecule has 5 rings (SSSR count). The van der Waals surface area contributed by atoms with Crippen LogP contribution >= 0.6 is 0 Å². The van der Waals surface area contributed by atoms with E-state index >= 15 is 0 Å². The standard InChI is InChI=1S/C46H67N7O9/c1-31(2)24-36(49-40(55)37(25-32-14-8-6-9-15-32)50-41(56)38(51-43(58)59)26-33-16-10-7-11-17-33)39(54)48-35(18-12-13-21-47-44(60)62-45(3,4)5)42(57)53-29-46(30-53)19-22-52(23-20-46)34-27-61-28-34/h6-11,14-17,31,34-38,51H,12-13,18-30H2,1-5H3,(H,47,60)(H,48,54)(H,49,55)(H,50,56)(H,58,59). The zero-order chi connectivity index (χ0) is 44.9. The topological polar surface area (TPSA) is 208 Å². The Morgan fingerprint density at radius 2 is 1.27 bits per heavy atom. The normalized spacial score (nSPS) is 18.3. The number of ether oxygens (including phenoxy) is 2. The molecule has 340 valence electrons. The number of carboxylic acid groups (broad SMARTS) is 1. The van der Waals surface area contributed by atoms with Crippen molar-refractivity contribution in [3.63, 3.8) is 0 Å². The molecule has 3 aliphatic heterocycles. The molecule has 4 unspecified atom stereocenters. The molecule has 3 heterocycles. The van der Waals surface area contributed by atoms with Gasteiger partial charge in [0.25, 0.3) is 0 Å². The summed E-state index contributed by atoms with van der Waals surface area (Å²) < 4.78 is 10.7. The molecule has 2 aromatic rings. The van der Waals surface area contributed by atoms with Gasteiger partial charge in [0.15, 0.2) is 0 Å². The van der Waals surface area contributed by atoms with E-state index < -0.39 is 59.7 Å². The maximum absolute atomic E-state index is 14.3. The highest BCUT2D eigenvalue weighted by molar-refractivity contribution is 5.95. The third-order valence-corrected chi connectivity index (χ3v) is 11.7. The number of carbonyl (C=O) groups excluding carboxylic acids is 5. The number of benzene rings is 2. The Balaban J connectivity index is 1.28. The van der Waals surface area contributed by atoms with Crippen molar-refractivity contribution in [1.82, 2.24) is 36.4 Å². The summed E-state index contributed by atoms with van der Waals surface area (Å²) in [6, 6.07) is 14.2. The van der Waals surface area contributed by atoms with Crippen LogP contribution in [0.2, 0.25) is 0 Å². The third-order valence-electron chi connectivity index (χ3n) is 11.7. The number of nitrogens with one attached hydrogen (secondary N) is 5. The molecule has 62 heavy (non-hydrogen) atoms. The average Bonchev–Trinajstić information content (AvgIpc) is 3.17. The van der Waals surface area contributed by atoms with Crippen molar-refractivity contribution in [3.05, 3.63) is 71.8 Å². The third kappa shape index (κ3) is 14.7. The van der Waals surface area contributed by atoms with E-state index in [-0.39, 0.29) is 36.5 Å². The second-order valence-corrected chi connectivity index (χ2v) is 18.5. The van der Waals surface area contributed by atoms with Gasteiger partial charge in [0.1, 0.15) is 29.8 Å². The van der Waals surface area contributed by atoms with E-state index in [9.17, 15) is 33.9 Å². The fraction of sp³-hybridized carbons (Fsp3) is 0.609. The molecule has 0 aromatic heterocycles. The molecule has 6 N–H and O–H groups in total. The number of hydrogen-bond acceptors (Lipinski definition) is 9. The number of unbranched alkanes of at least 4 members (excludes halogenated alkanes) is 1. The van der Waals surface area contributed by atoms with Gasteiger partial charge in [-0.2, -0.15) is 0 Å². The molecule has 3 fully saturated rings. The number of likely N-dealkylation sites (tertiary alicyclic amines) is 2. The molecule has 4 atom stereocenters. The van der Waals surface area contributed by atoms with Gasteiger partial charge in [-0.1, -0.05) is 74.5 Å². The van der Waals surface area contributed by atoms with Gasteiger partial charge in [-0.25, -0.2) is 9.59 Å². The first-order chi connectivity index (χ1) is 29.5. The number of hydrogen-bond donors (Lipinski definition) is 6. The Morgan fingerprint density at radius 1 is 0.758 bits per heavy atom. The van der Waals surface area contributed by atoms with Crippen LogP contribution in [0.4, 0.5) is 9.59 Å². The highest BCUT2D eigenvalue weighted by Gasteiger charge is 2.49. The molecule has 3 aliphatic rings. The maximum atomic E-state index is 14.3. The Bertz CT molecular complexity index is 1800. The Labute approximate surface area is 365 Å². The molecular formula is C46H67N7O9. The Hall–Kier alpha value is -5.22. The molecule has 6 amide bonds. The highest BCUT2D eigenvalue weighted by atomic mass is 16.6. The number of amides is 6. The van der Waals surface area contributed by atoms with Gasteiger partial charge in [-0.05, 0) is 89.4 Å². The first-order valence-electron chi connectivity index (χ1n) is 22.0. The summed E-state index contributed by atoms with van der Waals surface area (Å²) in [6.07, 6.45) is 1.80. The van der Waals surface area contributed by atoms with Crippen LogP contribution in [0.3, 0.4) is 0 Å². The van der Waals surface area contributed by atoms with Crippen molar-refractivity contribution in [1.29, 1.82) is 0 Å². The van der Waals surface area contributed by atoms with Crippen LogP contribution in [0, 0.1) is 11.3 Å². The Kier molecular flexibility index (Phi) is 17.1. The number of alkyl carbamates (subject to hydrolysis) is 1. The molecule has 2 aromatic carbocycles. The number of carbonyl (C=O) groups is 6. The van der Waals surface area contributed by atoms with E-state index in [1.54, 1.807) is 45.0 Å². The first kappa shape index (κ1) is 47.8. The summed E-state index contributed by atoms with van der Waals surface area (Å²) in [6.45, 7) is 14.2. The lowest BCUT2D eigenvalue weighted by Gasteiger charge is -2.56. The lowest BCUT2D eigenvalue weighted by Crippen LogP contribution is -2.66. The zero-order valence-corrected chi connectivity index (χ0v) is 37.0. The first-order valence-corrected chi connectivity index (χ1v) is 22.0. The van der Waals surface area contributed by atoms with Gasteiger partial charge in [0, 0.05) is 37.9 Å². The lowest BCUT2D eigenvalue weighted by atomic mass is 9.71. The van der Waals surface area contributed by atoms with Crippen molar-refractivity contribution in [2.45, 2.75) is 122 Å². The number of piperidine rings is 1. The second kappa shape index (κ2) is 22.2. The largest absolute Gasteiger partial charge is 0.465 e. The Morgan fingerprint density at radius 3 is 1.77 bits per heavy atom. The molecule has 16 nitrogen and oxygen atoms in total. The minimum Gasteiger partial charge on any atom is -0.465 e. The summed E-state index contributed by atoms with van der Waals surface area (Å²) in [7, 11) is 0. The SMILES string of the molecule is CC(C)CC(NC(=O)C(Cc1ccccc1)NC(=O)C(Cc1ccccc1)NC(=O)O)C(=O)NC(CCCCNC(=O)OC(C)(C)C)C(=O)N1CC2(CCN(C3COC3)CC2)C1. The summed E-state index contributed by atoms with van der Waals surface area (Å²) in [5.41, 5.74) is 0.876. The van der Waals surface area contributed by atoms with Gasteiger partial charge in [0.05, 0.1) is 19.3 Å².